The number of benzene rings is 3. The van der Waals surface area contributed by atoms with Crippen LogP contribution in [0.5, 0.6) is 0 Å². The van der Waals surface area contributed by atoms with Crippen molar-refractivity contribution >= 4 is 11.6 Å². The second-order valence-electron chi connectivity index (χ2n) is 9.12. The molecule has 0 bridgehead atoms. The summed E-state index contributed by atoms with van der Waals surface area (Å²) in [5.74, 6) is 0.778. The van der Waals surface area contributed by atoms with Gasteiger partial charge in [0.2, 0.25) is 0 Å². The molecule has 33 heavy (non-hydrogen) atoms. The van der Waals surface area contributed by atoms with Crippen LogP contribution in [-0.2, 0) is 13.0 Å². The van der Waals surface area contributed by atoms with Crippen molar-refractivity contribution in [2.45, 2.75) is 25.8 Å². The van der Waals surface area contributed by atoms with Gasteiger partial charge in [0.05, 0.1) is 0 Å². The third-order valence-electron chi connectivity index (χ3n) is 6.63. The molecular formula is C29H35N3O. The van der Waals surface area contributed by atoms with Gasteiger partial charge >= 0.3 is 0 Å². The maximum absolute atomic E-state index is 12.5. The van der Waals surface area contributed by atoms with Gasteiger partial charge in [0.25, 0.3) is 5.91 Å². The van der Waals surface area contributed by atoms with Crippen LogP contribution in [0.2, 0.25) is 0 Å². The van der Waals surface area contributed by atoms with E-state index in [4.69, 9.17) is 0 Å². The minimum Gasteiger partial charge on any atom is -0.373 e. The molecule has 4 nitrogen and oxygen atoms in total. The van der Waals surface area contributed by atoms with E-state index in [9.17, 15) is 4.79 Å². The summed E-state index contributed by atoms with van der Waals surface area (Å²) in [6, 6.07) is 29.2. The number of hydrogen-bond acceptors (Lipinski definition) is 3. The molecule has 1 fully saturated rings. The van der Waals surface area contributed by atoms with Gasteiger partial charge < -0.3 is 10.2 Å². The minimum atomic E-state index is -0.00950. The van der Waals surface area contributed by atoms with E-state index in [1.54, 1.807) is 0 Å². The minimum absolute atomic E-state index is 0.00950. The third kappa shape index (κ3) is 6.93. The monoisotopic (exact) mass is 441 g/mol. The highest BCUT2D eigenvalue weighted by atomic mass is 16.1. The largest absolute Gasteiger partial charge is 0.373 e. The highest BCUT2D eigenvalue weighted by Gasteiger charge is 2.19. The number of nitrogens with one attached hydrogen (secondary N) is 1. The Morgan fingerprint density at radius 3 is 2.18 bits per heavy atom. The molecule has 1 amide bonds. The standard InChI is InChI=1S/C29H35N3O/c1-31(28-10-6-3-7-11-28)21-18-30-29(33)27-14-12-26(13-15-27)23-32-19-16-25(17-20-32)22-24-8-4-2-5-9-24/h2-15,25H,16-23H2,1H3,(H,30,33). The zero-order chi connectivity index (χ0) is 22.9. The number of hydrogen-bond donors (Lipinski definition) is 1. The second-order valence-corrected chi connectivity index (χ2v) is 9.12. The van der Waals surface area contributed by atoms with Gasteiger partial charge in [-0.05, 0) is 73.7 Å². The summed E-state index contributed by atoms with van der Waals surface area (Å²) in [4.78, 5) is 17.2. The van der Waals surface area contributed by atoms with Gasteiger partial charge in [-0.2, -0.15) is 0 Å². The Hall–Kier alpha value is -3.11. The Kier molecular flexibility index (Phi) is 8.15. The lowest BCUT2D eigenvalue weighted by Gasteiger charge is -2.32. The molecular weight excluding hydrogens is 406 g/mol. The lowest BCUT2D eigenvalue weighted by atomic mass is 9.90. The first-order chi connectivity index (χ1) is 16.2. The number of nitrogens with zero attached hydrogens (tertiary/aromatic N) is 2. The van der Waals surface area contributed by atoms with Gasteiger partial charge in [-0.1, -0.05) is 60.7 Å². The van der Waals surface area contributed by atoms with E-state index in [-0.39, 0.29) is 5.91 Å². The van der Waals surface area contributed by atoms with Gasteiger partial charge in [-0.25, -0.2) is 0 Å². The van der Waals surface area contributed by atoms with Gasteiger partial charge in [0.1, 0.15) is 0 Å². The summed E-state index contributed by atoms with van der Waals surface area (Å²) in [5, 5.41) is 3.03. The Morgan fingerprint density at radius 1 is 0.879 bits per heavy atom. The summed E-state index contributed by atoms with van der Waals surface area (Å²) in [5.41, 5.74) is 4.61. The smallest absolute Gasteiger partial charge is 0.251 e. The Labute approximate surface area is 198 Å². The molecule has 0 unspecified atom stereocenters. The Bertz CT molecular complexity index is 980. The first kappa shape index (κ1) is 23.1. The van der Waals surface area contributed by atoms with Crippen LogP contribution < -0.4 is 10.2 Å². The van der Waals surface area contributed by atoms with Crippen molar-refractivity contribution < 1.29 is 4.79 Å². The van der Waals surface area contributed by atoms with E-state index in [1.165, 1.54) is 30.4 Å². The van der Waals surface area contributed by atoms with Crippen LogP contribution in [0.15, 0.2) is 84.9 Å². The summed E-state index contributed by atoms with van der Waals surface area (Å²) in [6.45, 7) is 4.64. The number of piperidine rings is 1. The molecule has 3 aromatic carbocycles. The van der Waals surface area contributed by atoms with Crippen LogP contribution in [0.25, 0.3) is 0 Å². The van der Waals surface area contributed by atoms with E-state index in [2.05, 4.69) is 69.7 Å². The molecule has 1 saturated heterocycles. The van der Waals surface area contributed by atoms with Crippen LogP contribution in [0.1, 0.15) is 34.3 Å². The number of amides is 1. The lowest BCUT2D eigenvalue weighted by molar-refractivity contribution is 0.0954. The van der Waals surface area contributed by atoms with E-state index in [0.29, 0.717) is 6.54 Å². The van der Waals surface area contributed by atoms with Crippen molar-refractivity contribution in [1.82, 2.24) is 10.2 Å². The number of carbonyl (C=O) groups excluding carboxylic acids is 1. The van der Waals surface area contributed by atoms with Crippen molar-refractivity contribution in [2.75, 3.05) is 38.1 Å². The van der Waals surface area contributed by atoms with Gasteiger partial charge in [0.15, 0.2) is 0 Å². The fourth-order valence-corrected chi connectivity index (χ4v) is 4.57. The Balaban J connectivity index is 1.18. The Morgan fingerprint density at radius 2 is 1.52 bits per heavy atom. The summed E-state index contributed by atoms with van der Waals surface area (Å²) in [6.07, 6.45) is 3.71. The highest BCUT2D eigenvalue weighted by molar-refractivity contribution is 5.94. The summed E-state index contributed by atoms with van der Waals surface area (Å²) >= 11 is 0. The maximum atomic E-state index is 12.5. The zero-order valence-electron chi connectivity index (χ0n) is 19.6. The van der Waals surface area contributed by atoms with Crippen molar-refractivity contribution in [1.29, 1.82) is 0 Å². The summed E-state index contributed by atoms with van der Waals surface area (Å²) < 4.78 is 0. The molecule has 0 aliphatic carbocycles. The fraction of sp³-hybridized carbons (Fsp3) is 0.345. The average molecular weight is 442 g/mol. The first-order valence-electron chi connectivity index (χ1n) is 12.1. The highest BCUT2D eigenvalue weighted by Crippen LogP contribution is 2.23. The lowest BCUT2D eigenvalue weighted by Crippen LogP contribution is -2.34. The molecule has 4 heteroatoms. The van der Waals surface area contributed by atoms with Crippen molar-refractivity contribution in [3.63, 3.8) is 0 Å². The first-order valence-corrected chi connectivity index (χ1v) is 12.1. The molecule has 0 radical (unpaired) electrons. The van der Waals surface area contributed by atoms with Crippen LogP contribution >= 0.6 is 0 Å². The molecule has 0 aromatic heterocycles. The molecule has 172 valence electrons. The predicted octanol–water partition coefficient (Wildman–Crippen LogP) is 5.01. The van der Waals surface area contributed by atoms with Crippen LogP contribution in [-0.4, -0.2) is 44.0 Å². The van der Waals surface area contributed by atoms with Crippen molar-refractivity contribution in [3.8, 4) is 0 Å². The normalized spacial score (nSPS) is 14.7. The SMILES string of the molecule is CN(CCNC(=O)c1ccc(CN2CCC(Cc3ccccc3)CC2)cc1)c1ccccc1. The quantitative estimate of drug-likeness (QED) is 0.507. The molecule has 1 aliphatic heterocycles. The van der Waals surface area contributed by atoms with Crippen LogP contribution in [0.4, 0.5) is 5.69 Å². The van der Waals surface area contributed by atoms with E-state index in [1.807, 2.05) is 37.4 Å². The predicted molar refractivity (Wildman–Crippen MR) is 137 cm³/mol. The number of rotatable bonds is 9. The molecule has 1 heterocycles. The number of likely N-dealkylation sites (tertiary alicyclic amines) is 1. The van der Waals surface area contributed by atoms with E-state index < -0.39 is 0 Å². The molecule has 4 rings (SSSR count). The molecule has 0 saturated carbocycles. The fourth-order valence-electron chi connectivity index (χ4n) is 4.57. The van der Waals surface area contributed by atoms with Gasteiger partial charge in [-0.15, -0.1) is 0 Å². The number of carbonyl (C=O) groups is 1. The maximum Gasteiger partial charge on any atom is 0.251 e. The molecule has 0 spiro atoms. The second kappa shape index (κ2) is 11.7. The van der Waals surface area contributed by atoms with E-state index >= 15 is 0 Å². The van der Waals surface area contributed by atoms with Gasteiger partial charge in [-0.3, -0.25) is 9.69 Å². The topological polar surface area (TPSA) is 35.6 Å². The molecule has 3 aromatic rings. The van der Waals surface area contributed by atoms with Crippen molar-refractivity contribution in [3.05, 3.63) is 102 Å². The number of anilines is 1. The summed E-state index contributed by atoms with van der Waals surface area (Å²) in [7, 11) is 2.04. The molecule has 0 atom stereocenters. The van der Waals surface area contributed by atoms with Crippen molar-refractivity contribution in [2.24, 2.45) is 5.92 Å². The molecule has 1 aliphatic rings. The number of likely N-dealkylation sites (N-methyl/N-ethyl adjacent to an activating group) is 1. The van der Waals surface area contributed by atoms with E-state index in [0.717, 1.165) is 43.3 Å². The van der Waals surface area contributed by atoms with Crippen LogP contribution in [0, 0.1) is 5.92 Å². The van der Waals surface area contributed by atoms with Crippen LogP contribution in [0.3, 0.4) is 0 Å². The third-order valence-corrected chi connectivity index (χ3v) is 6.63. The molecule has 1 N–H and O–H groups in total. The van der Waals surface area contributed by atoms with Gasteiger partial charge in [0, 0.05) is 37.9 Å². The number of para-hydroxylation sites is 1. The zero-order valence-corrected chi connectivity index (χ0v) is 19.6. The average Bonchev–Trinajstić information content (AvgIpc) is 2.87.